The van der Waals surface area contributed by atoms with Gasteiger partial charge in [0.05, 0.1) is 11.4 Å². The summed E-state index contributed by atoms with van der Waals surface area (Å²) in [7, 11) is 0. The molecule has 1 amide bonds. The smallest absolute Gasteiger partial charge is 0.264 e. The fourth-order valence-electron chi connectivity index (χ4n) is 3.41. The summed E-state index contributed by atoms with van der Waals surface area (Å²) in [6.07, 6.45) is 1.86. The molecular weight excluding hydrogens is 385 g/mol. The molecule has 1 aliphatic carbocycles. The summed E-state index contributed by atoms with van der Waals surface area (Å²) in [5.74, 6) is 0.221. The van der Waals surface area contributed by atoms with E-state index in [9.17, 15) is 9.18 Å². The van der Waals surface area contributed by atoms with E-state index in [2.05, 4.69) is 9.97 Å². The highest BCUT2D eigenvalue weighted by Gasteiger charge is 2.35. The van der Waals surface area contributed by atoms with Gasteiger partial charge in [-0.25, -0.2) is 14.4 Å². The molecule has 4 rings (SSSR count). The van der Waals surface area contributed by atoms with Crippen LogP contribution in [0.5, 0.6) is 0 Å². The molecule has 3 aromatic rings. The first kappa shape index (κ1) is 18.3. The molecule has 7 heteroatoms. The van der Waals surface area contributed by atoms with Crippen LogP contribution in [0.2, 0.25) is 5.02 Å². The minimum Gasteiger partial charge on any atom is -0.330 e. The predicted molar refractivity (Wildman–Crippen MR) is 106 cm³/mol. The lowest BCUT2D eigenvalue weighted by atomic mass is 10.1. The normalized spacial score (nSPS) is 14.0. The largest absolute Gasteiger partial charge is 0.330 e. The number of hydrogen-bond donors (Lipinski definition) is 0. The molecule has 0 saturated heterocycles. The fraction of sp³-hybridized carbons (Fsp3) is 0.350. The molecule has 0 atom stereocenters. The summed E-state index contributed by atoms with van der Waals surface area (Å²) in [5.41, 5.74) is 2.13. The zero-order chi connectivity index (χ0) is 19.3. The van der Waals surface area contributed by atoms with Gasteiger partial charge in [0.25, 0.3) is 5.91 Å². The summed E-state index contributed by atoms with van der Waals surface area (Å²) >= 11 is 7.57. The number of aromatic nitrogens is 2. The molecule has 0 N–H and O–H groups in total. The molecule has 140 valence electrons. The van der Waals surface area contributed by atoms with E-state index in [1.165, 1.54) is 17.4 Å². The highest BCUT2D eigenvalue weighted by Crippen LogP contribution is 2.36. The maximum absolute atomic E-state index is 14.3. The molecule has 1 fully saturated rings. The molecule has 1 aliphatic rings. The zero-order valence-electron chi connectivity index (χ0n) is 15.3. The van der Waals surface area contributed by atoms with E-state index in [0.717, 1.165) is 34.3 Å². The number of carbonyl (C=O) groups excluding carboxylic acids is 1. The van der Waals surface area contributed by atoms with Crippen molar-refractivity contribution in [2.24, 2.45) is 0 Å². The molecule has 0 aliphatic heterocycles. The lowest BCUT2D eigenvalue weighted by molar-refractivity contribution is 0.0733. The number of nitrogens with zero attached hydrogens (tertiary/aromatic N) is 3. The van der Waals surface area contributed by atoms with Gasteiger partial charge in [-0.1, -0.05) is 17.7 Å². The third kappa shape index (κ3) is 3.32. The zero-order valence-corrected chi connectivity index (χ0v) is 16.9. The molecular formula is C20H19ClFN3OS. The van der Waals surface area contributed by atoms with E-state index >= 15 is 0 Å². The van der Waals surface area contributed by atoms with Gasteiger partial charge < -0.3 is 4.90 Å². The molecule has 1 aromatic carbocycles. The minimum absolute atomic E-state index is 0.0885. The van der Waals surface area contributed by atoms with Gasteiger partial charge >= 0.3 is 0 Å². The molecule has 0 radical (unpaired) electrons. The third-order valence-electron chi connectivity index (χ3n) is 4.92. The molecule has 0 unspecified atom stereocenters. The highest BCUT2D eigenvalue weighted by atomic mass is 35.5. The van der Waals surface area contributed by atoms with E-state index < -0.39 is 0 Å². The maximum atomic E-state index is 14.3. The molecule has 1 saturated carbocycles. The standard InChI is InChI=1S/C20H19ClFN3OS/c1-10-17-11(2)23-12(3)24-19(17)27-18(10)20(26)25(13-7-8-13)9-14-15(21)5-4-6-16(14)22/h4-6,13H,7-9H2,1-3H3. The maximum Gasteiger partial charge on any atom is 0.264 e. The SMILES string of the molecule is Cc1nc(C)c2c(C)c(C(=O)N(Cc3c(F)cccc3Cl)C3CC3)sc2n1. The molecule has 0 spiro atoms. The molecule has 4 nitrogen and oxygen atoms in total. The Kier molecular flexibility index (Phi) is 4.64. The number of carbonyl (C=O) groups is 1. The first-order chi connectivity index (χ1) is 12.9. The van der Waals surface area contributed by atoms with Gasteiger partial charge in [0.1, 0.15) is 16.5 Å². The van der Waals surface area contributed by atoms with Crippen LogP contribution < -0.4 is 0 Å². The van der Waals surface area contributed by atoms with Gasteiger partial charge in [-0.2, -0.15) is 0 Å². The lowest BCUT2D eigenvalue weighted by Crippen LogP contribution is -2.33. The molecule has 2 heterocycles. The van der Waals surface area contributed by atoms with E-state index in [4.69, 9.17) is 11.6 Å². The van der Waals surface area contributed by atoms with Crippen LogP contribution >= 0.6 is 22.9 Å². The number of halogens is 2. The predicted octanol–water partition coefficient (Wildman–Crippen LogP) is 5.21. The summed E-state index contributed by atoms with van der Waals surface area (Å²) in [5, 5.41) is 1.28. The summed E-state index contributed by atoms with van der Waals surface area (Å²) < 4.78 is 14.3. The van der Waals surface area contributed by atoms with Crippen LogP contribution in [0.25, 0.3) is 10.2 Å². The summed E-state index contributed by atoms with van der Waals surface area (Å²) in [6.45, 7) is 5.88. The second-order valence-corrected chi connectivity index (χ2v) is 8.36. The number of amides is 1. The number of hydrogen-bond acceptors (Lipinski definition) is 4. The van der Waals surface area contributed by atoms with Gasteiger partial charge in [0, 0.05) is 27.7 Å². The van der Waals surface area contributed by atoms with Crippen molar-refractivity contribution < 1.29 is 9.18 Å². The Morgan fingerprint density at radius 3 is 2.70 bits per heavy atom. The number of fused-ring (bicyclic) bond motifs is 1. The lowest BCUT2D eigenvalue weighted by Gasteiger charge is -2.23. The van der Waals surface area contributed by atoms with Crippen LogP contribution in [0.1, 0.15) is 45.2 Å². The van der Waals surface area contributed by atoms with E-state index in [1.54, 1.807) is 17.0 Å². The van der Waals surface area contributed by atoms with Crippen molar-refractivity contribution >= 4 is 39.1 Å². The first-order valence-electron chi connectivity index (χ1n) is 8.85. The second kappa shape index (κ2) is 6.84. The first-order valence-corrected chi connectivity index (χ1v) is 10.0. The van der Waals surface area contributed by atoms with Crippen molar-refractivity contribution in [1.29, 1.82) is 0 Å². The summed E-state index contributed by atoms with van der Waals surface area (Å²) in [4.78, 5) is 25.5. The Labute approximate surface area is 166 Å². The van der Waals surface area contributed by atoms with E-state index in [-0.39, 0.29) is 24.3 Å². The Bertz CT molecular complexity index is 1040. The van der Waals surface area contributed by atoms with Crippen molar-refractivity contribution in [3.8, 4) is 0 Å². The van der Waals surface area contributed by atoms with Crippen molar-refractivity contribution in [3.05, 3.63) is 56.6 Å². The Morgan fingerprint density at radius 2 is 2.04 bits per heavy atom. The number of rotatable bonds is 4. The van der Waals surface area contributed by atoms with Crippen molar-refractivity contribution in [1.82, 2.24) is 14.9 Å². The van der Waals surface area contributed by atoms with Crippen molar-refractivity contribution in [3.63, 3.8) is 0 Å². The van der Waals surface area contributed by atoms with Crippen LogP contribution in [-0.2, 0) is 6.54 Å². The highest BCUT2D eigenvalue weighted by molar-refractivity contribution is 7.20. The quantitative estimate of drug-likeness (QED) is 0.600. The van der Waals surface area contributed by atoms with Crippen molar-refractivity contribution in [2.45, 2.75) is 46.2 Å². The average molecular weight is 404 g/mol. The fourth-order valence-corrected chi connectivity index (χ4v) is 4.87. The Morgan fingerprint density at radius 1 is 1.30 bits per heavy atom. The van der Waals surface area contributed by atoms with Gasteiger partial charge in [0.15, 0.2) is 0 Å². The van der Waals surface area contributed by atoms with Crippen LogP contribution in [0, 0.1) is 26.6 Å². The molecule has 27 heavy (non-hydrogen) atoms. The van der Waals surface area contributed by atoms with Gasteiger partial charge in [-0.05, 0) is 51.3 Å². The van der Waals surface area contributed by atoms with Crippen LogP contribution in [0.15, 0.2) is 18.2 Å². The van der Waals surface area contributed by atoms with Gasteiger partial charge in [0.2, 0.25) is 0 Å². The monoisotopic (exact) mass is 403 g/mol. The summed E-state index contributed by atoms with van der Waals surface area (Å²) in [6, 6.07) is 4.74. The van der Waals surface area contributed by atoms with Crippen molar-refractivity contribution in [2.75, 3.05) is 0 Å². The van der Waals surface area contributed by atoms with Crippen LogP contribution in [-0.4, -0.2) is 26.8 Å². The van der Waals surface area contributed by atoms with Gasteiger partial charge in [-0.3, -0.25) is 4.79 Å². The number of thiophene rings is 1. The second-order valence-electron chi connectivity index (χ2n) is 6.96. The third-order valence-corrected chi connectivity index (χ3v) is 6.44. The number of benzene rings is 1. The van der Waals surface area contributed by atoms with Gasteiger partial charge in [-0.15, -0.1) is 11.3 Å². The molecule has 0 bridgehead atoms. The topological polar surface area (TPSA) is 46.1 Å². The van der Waals surface area contributed by atoms with Crippen LogP contribution in [0.4, 0.5) is 4.39 Å². The number of aryl methyl sites for hydroxylation is 3. The Balaban J connectivity index is 1.74. The van der Waals surface area contributed by atoms with Crippen LogP contribution in [0.3, 0.4) is 0 Å². The molecule has 2 aromatic heterocycles. The van der Waals surface area contributed by atoms with E-state index in [0.29, 0.717) is 21.3 Å². The minimum atomic E-state index is -0.383. The Hall–Kier alpha value is -2.05. The average Bonchev–Trinajstić information content (AvgIpc) is 3.37. The van der Waals surface area contributed by atoms with E-state index in [1.807, 2.05) is 20.8 Å².